The molecule has 1 aromatic heterocycles. The molecule has 0 spiro atoms. The second-order valence-corrected chi connectivity index (χ2v) is 6.14. The molecule has 0 bridgehead atoms. The predicted octanol–water partition coefficient (Wildman–Crippen LogP) is 2.28. The fourth-order valence-corrected chi connectivity index (χ4v) is 3.50. The molecule has 3 nitrogen and oxygen atoms in total. The van der Waals surface area contributed by atoms with Gasteiger partial charge >= 0.3 is 0 Å². The van der Waals surface area contributed by atoms with E-state index in [1.54, 1.807) is 11.3 Å². The first-order valence-corrected chi connectivity index (χ1v) is 7.60. The third-order valence-electron chi connectivity index (χ3n) is 4.01. The highest BCUT2D eigenvalue weighted by atomic mass is 32.1. The number of hydrogen-bond donors (Lipinski definition) is 1. The molecule has 1 saturated heterocycles. The van der Waals surface area contributed by atoms with Crippen molar-refractivity contribution in [2.45, 2.75) is 37.8 Å². The molecule has 0 aromatic carbocycles. The first kappa shape index (κ1) is 11.6. The molecule has 1 N–H and O–H groups in total. The number of likely N-dealkylation sites (tertiary alicyclic amines) is 1. The van der Waals surface area contributed by atoms with Crippen LogP contribution < -0.4 is 5.32 Å². The minimum atomic E-state index is 0.529. The quantitative estimate of drug-likeness (QED) is 0.890. The van der Waals surface area contributed by atoms with Gasteiger partial charge in [-0.2, -0.15) is 0 Å². The van der Waals surface area contributed by atoms with Crippen molar-refractivity contribution in [3.8, 4) is 0 Å². The van der Waals surface area contributed by atoms with Gasteiger partial charge in [0.25, 0.3) is 0 Å². The summed E-state index contributed by atoms with van der Waals surface area (Å²) in [7, 11) is 2.24. The Morgan fingerprint density at radius 3 is 3.06 bits per heavy atom. The number of thiazole rings is 1. The van der Waals surface area contributed by atoms with E-state index in [-0.39, 0.29) is 0 Å². The van der Waals surface area contributed by atoms with Gasteiger partial charge in [0.15, 0.2) is 0 Å². The van der Waals surface area contributed by atoms with Gasteiger partial charge in [-0.25, -0.2) is 4.98 Å². The molecule has 2 fully saturated rings. The number of rotatable bonds is 4. The van der Waals surface area contributed by atoms with Crippen molar-refractivity contribution >= 4 is 11.3 Å². The molecule has 0 amide bonds. The molecule has 0 radical (unpaired) electrons. The highest BCUT2D eigenvalue weighted by Gasteiger charge is 2.32. The Hall–Kier alpha value is -0.450. The van der Waals surface area contributed by atoms with Crippen LogP contribution >= 0.6 is 11.3 Å². The molecule has 2 atom stereocenters. The Morgan fingerprint density at radius 1 is 1.47 bits per heavy atom. The van der Waals surface area contributed by atoms with Crippen LogP contribution in [-0.4, -0.2) is 36.1 Å². The van der Waals surface area contributed by atoms with Gasteiger partial charge in [-0.05, 0) is 45.2 Å². The minimum Gasteiger partial charge on any atom is -0.314 e. The summed E-state index contributed by atoms with van der Waals surface area (Å²) in [5.74, 6) is 0.733. The first-order valence-electron chi connectivity index (χ1n) is 6.66. The lowest BCUT2D eigenvalue weighted by molar-refractivity contribution is 0.116. The van der Waals surface area contributed by atoms with Gasteiger partial charge in [-0.1, -0.05) is 0 Å². The molecule has 2 heterocycles. The van der Waals surface area contributed by atoms with Crippen LogP contribution in [0.2, 0.25) is 0 Å². The van der Waals surface area contributed by atoms with Gasteiger partial charge in [0.2, 0.25) is 0 Å². The van der Waals surface area contributed by atoms with Gasteiger partial charge < -0.3 is 5.32 Å². The highest BCUT2D eigenvalue weighted by Crippen LogP contribution is 2.34. The predicted molar refractivity (Wildman–Crippen MR) is 71.2 cm³/mol. The number of aromatic nitrogens is 1. The van der Waals surface area contributed by atoms with Crippen molar-refractivity contribution in [3.05, 3.63) is 16.6 Å². The van der Waals surface area contributed by atoms with Crippen LogP contribution in [0.15, 0.2) is 10.9 Å². The van der Waals surface area contributed by atoms with Crippen LogP contribution in [0, 0.1) is 5.92 Å². The maximum absolute atomic E-state index is 4.53. The first-order chi connectivity index (χ1) is 8.34. The zero-order valence-electron chi connectivity index (χ0n) is 10.4. The molecule has 4 heteroatoms. The summed E-state index contributed by atoms with van der Waals surface area (Å²) in [5.41, 5.74) is 3.24. The van der Waals surface area contributed by atoms with Crippen LogP contribution in [0.5, 0.6) is 0 Å². The fraction of sp³-hybridized carbons (Fsp3) is 0.769. The zero-order chi connectivity index (χ0) is 11.7. The molecule has 2 aliphatic rings. The lowest BCUT2D eigenvalue weighted by Gasteiger charge is -2.38. The average Bonchev–Trinajstić information content (AvgIpc) is 3.01. The molecule has 1 aliphatic heterocycles. The van der Waals surface area contributed by atoms with Crippen LogP contribution in [0.25, 0.3) is 0 Å². The SMILES string of the molecule is CN1CCCC(CNC2CC2)C1c1cscn1. The monoisotopic (exact) mass is 251 g/mol. The van der Waals surface area contributed by atoms with Crippen molar-refractivity contribution < 1.29 is 0 Å². The van der Waals surface area contributed by atoms with Crippen LogP contribution in [0.4, 0.5) is 0 Å². The van der Waals surface area contributed by atoms with Gasteiger partial charge in [0.1, 0.15) is 0 Å². The molecule has 94 valence electrons. The van der Waals surface area contributed by atoms with E-state index in [0.717, 1.165) is 18.5 Å². The van der Waals surface area contributed by atoms with E-state index in [9.17, 15) is 0 Å². The number of nitrogens with zero attached hydrogens (tertiary/aromatic N) is 2. The number of piperidine rings is 1. The van der Waals surface area contributed by atoms with Crippen molar-refractivity contribution in [3.63, 3.8) is 0 Å². The maximum atomic E-state index is 4.53. The second-order valence-electron chi connectivity index (χ2n) is 5.42. The van der Waals surface area contributed by atoms with Crippen molar-refractivity contribution in [1.82, 2.24) is 15.2 Å². The van der Waals surface area contributed by atoms with Gasteiger partial charge in [0.05, 0.1) is 17.2 Å². The van der Waals surface area contributed by atoms with Gasteiger partial charge in [0, 0.05) is 18.0 Å². The van der Waals surface area contributed by atoms with E-state index >= 15 is 0 Å². The van der Waals surface area contributed by atoms with E-state index in [1.165, 1.54) is 37.9 Å². The van der Waals surface area contributed by atoms with E-state index < -0.39 is 0 Å². The lowest BCUT2D eigenvalue weighted by Crippen LogP contribution is -2.41. The third-order valence-corrected chi connectivity index (χ3v) is 4.61. The second kappa shape index (κ2) is 5.04. The third kappa shape index (κ3) is 2.69. The molecule has 1 saturated carbocycles. The summed E-state index contributed by atoms with van der Waals surface area (Å²) in [6, 6.07) is 1.35. The van der Waals surface area contributed by atoms with E-state index in [0.29, 0.717) is 6.04 Å². The Morgan fingerprint density at radius 2 is 2.35 bits per heavy atom. The Kier molecular flexibility index (Phi) is 3.45. The largest absolute Gasteiger partial charge is 0.314 e. The molecular formula is C13H21N3S. The Labute approximate surface area is 107 Å². The van der Waals surface area contributed by atoms with Crippen LogP contribution in [0.1, 0.15) is 37.4 Å². The Balaban J connectivity index is 1.69. The molecular weight excluding hydrogens is 230 g/mol. The standard InChI is InChI=1S/C13H21N3S/c1-16-6-2-3-10(7-14-11-4-5-11)13(16)12-8-17-9-15-12/h8-11,13-14H,2-7H2,1H3. The fourth-order valence-electron chi connectivity index (χ4n) is 2.91. The molecule has 2 unspecified atom stereocenters. The van der Waals surface area contributed by atoms with Gasteiger partial charge in [-0.3, -0.25) is 4.90 Å². The molecule has 1 aliphatic carbocycles. The maximum Gasteiger partial charge on any atom is 0.0795 e. The van der Waals surface area contributed by atoms with Crippen molar-refractivity contribution in [2.24, 2.45) is 5.92 Å². The molecule has 17 heavy (non-hydrogen) atoms. The summed E-state index contributed by atoms with van der Waals surface area (Å²) >= 11 is 1.72. The highest BCUT2D eigenvalue weighted by molar-refractivity contribution is 7.07. The summed E-state index contributed by atoms with van der Waals surface area (Å²) in [5, 5.41) is 5.91. The van der Waals surface area contributed by atoms with Crippen LogP contribution in [0.3, 0.4) is 0 Å². The van der Waals surface area contributed by atoms with Crippen molar-refractivity contribution in [2.75, 3.05) is 20.1 Å². The average molecular weight is 251 g/mol. The van der Waals surface area contributed by atoms with Crippen molar-refractivity contribution in [1.29, 1.82) is 0 Å². The van der Waals surface area contributed by atoms with E-state index in [4.69, 9.17) is 0 Å². The smallest absolute Gasteiger partial charge is 0.0795 e. The molecule has 1 aromatic rings. The minimum absolute atomic E-state index is 0.529. The number of hydrogen-bond acceptors (Lipinski definition) is 4. The lowest BCUT2D eigenvalue weighted by atomic mass is 9.87. The van der Waals surface area contributed by atoms with E-state index in [2.05, 4.69) is 27.6 Å². The molecule has 3 rings (SSSR count). The summed E-state index contributed by atoms with van der Waals surface area (Å²) < 4.78 is 0. The topological polar surface area (TPSA) is 28.2 Å². The summed E-state index contributed by atoms with van der Waals surface area (Å²) in [6.07, 6.45) is 5.42. The van der Waals surface area contributed by atoms with E-state index in [1.807, 2.05) is 5.51 Å². The summed E-state index contributed by atoms with van der Waals surface area (Å²) in [4.78, 5) is 7.02. The van der Waals surface area contributed by atoms with Crippen LogP contribution in [-0.2, 0) is 0 Å². The number of nitrogens with one attached hydrogen (secondary N) is 1. The Bertz CT molecular complexity index is 348. The normalized spacial score (nSPS) is 30.6. The van der Waals surface area contributed by atoms with Gasteiger partial charge in [-0.15, -0.1) is 11.3 Å². The zero-order valence-corrected chi connectivity index (χ0v) is 11.2. The summed E-state index contributed by atoms with van der Waals surface area (Å²) in [6.45, 7) is 2.37.